The van der Waals surface area contributed by atoms with E-state index in [4.69, 9.17) is 14.9 Å². The van der Waals surface area contributed by atoms with Crippen LogP contribution in [-0.2, 0) is 9.78 Å². The van der Waals surface area contributed by atoms with Crippen molar-refractivity contribution in [2.45, 2.75) is 46.1 Å². The zero-order valence-electron chi connectivity index (χ0n) is 9.17. The Kier molecular flexibility index (Phi) is 6.29. The van der Waals surface area contributed by atoms with Gasteiger partial charge in [-0.25, -0.2) is 9.78 Å². The second-order valence-corrected chi connectivity index (χ2v) is 4.17. The minimum absolute atomic E-state index is 0.136. The Morgan fingerprint density at radius 1 is 1.38 bits per heavy atom. The Balaban J connectivity index is 3.50. The van der Waals surface area contributed by atoms with Crippen molar-refractivity contribution in [3.8, 4) is 0 Å². The minimum Gasteiger partial charge on any atom is -0.396 e. The summed E-state index contributed by atoms with van der Waals surface area (Å²) >= 11 is 0. The smallest absolute Gasteiger partial charge is 0.0980 e. The van der Waals surface area contributed by atoms with E-state index in [2.05, 4.69) is 6.92 Å². The molecule has 0 heterocycles. The molecule has 1 N–H and O–H groups in total. The first-order chi connectivity index (χ1) is 6.02. The van der Waals surface area contributed by atoms with Crippen molar-refractivity contribution >= 4 is 0 Å². The van der Waals surface area contributed by atoms with Gasteiger partial charge in [0.05, 0.1) is 12.2 Å². The standard InChI is InChI=1S/C10H22O3/c1-5-6-10(3,4)13-12-8-9(2)7-11/h9,11H,5-8H2,1-4H3. The van der Waals surface area contributed by atoms with Crippen LogP contribution in [0.15, 0.2) is 0 Å². The second-order valence-electron chi connectivity index (χ2n) is 4.17. The fourth-order valence-corrected chi connectivity index (χ4v) is 1.01. The van der Waals surface area contributed by atoms with E-state index in [1.54, 1.807) is 0 Å². The van der Waals surface area contributed by atoms with Gasteiger partial charge in [0.2, 0.25) is 0 Å². The molecule has 13 heavy (non-hydrogen) atoms. The van der Waals surface area contributed by atoms with Crippen LogP contribution in [0.3, 0.4) is 0 Å². The van der Waals surface area contributed by atoms with Crippen LogP contribution in [0.5, 0.6) is 0 Å². The molecule has 0 aliphatic rings. The molecule has 0 radical (unpaired) electrons. The molecule has 80 valence electrons. The molecule has 1 atom stereocenters. The third-order valence-corrected chi connectivity index (χ3v) is 1.80. The molecule has 0 saturated heterocycles. The van der Waals surface area contributed by atoms with Gasteiger partial charge >= 0.3 is 0 Å². The monoisotopic (exact) mass is 190 g/mol. The van der Waals surface area contributed by atoms with Crippen LogP contribution >= 0.6 is 0 Å². The molecule has 0 bridgehead atoms. The van der Waals surface area contributed by atoms with Crippen molar-refractivity contribution in [3.63, 3.8) is 0 Å². The van der Waals surface area contributed by atoms with Crippen molar-refractivity contribution in [3.05, 3.63) is 0 Å². The quantitative estimate of drug-likeness (QED) is 0.494. The normalized spacial score (nSPS) is 14.5. The average molecular weight is 190 g/mol. The van der Waals surface area contributed by atoms with Gasteiger partial charge in [-0.05, 0) is 20.3 Å². The van der Waals surface area contributed by atoms with Gasteiger partial charge in [0.1, 0.15) is 0 Å². The number of hydrogen-bond donors (Lipinski definition) is 1. The van der Waals surface area contributed by atoms with Crippen LogP contribution in [-0.4, -0.2) is 23.9 Å². The van der Waals surface area contributed by atoms with Crippen LogP contribution in [0.1, 0.15) is 40.5 Å². The molecule has 0 spiro atoms. The van der Waals surface area contributed by atoms with E-state index in [0.29, 0.717) is 6.61 Å². The van der Waals surface area contributed by atoms with Gasteiger partial charge in [-0.3, -0.25) is 0 Å². The Bertz CT molecular complexity index is 123. The molecule has 0 fully saturated rings. The maximum atomic E-state index is 8.73. The molecule has 0 saturated carbocycles. The molecule has 0 aliphatic carbocycles. The van der Waals surface area contributed by atoms with E-state index < -0.39 is 0 Å². The highest BCUT2D eigenvalue weighted by atomic mass is 17.2. The lowest BCUT2D eigenvalue weighted by Gasteiger charge is -2.23. The van der Waals surface area contributed by atoms with Crippen LogP contribution in [0, 0.1) is 5.92 Å². The third kappa shape index (κ3) is 6.99. The highest BCUT2D eigenvalue weighted by Crippen LogP contribution is 2.16. The molecule has 0 aromatic carbocycles. The molecule has 0 amide bonds. The summed E-state index contributed by atoms with van der Waals surface area (Å²) in [5, 5.41) is 8.73. The number of rotatable bonds is 7. The summed E-state index contributed by atoms with van der Waals surface area (Å²) in [5.74, 6) is 0.137. The average Bonchev–Trinajstić information content (AvgIpc) is 2.03. The van der Waals surface area contributed by atoms with Crippen molar-refractivity contribution in [2.24, 2.45) is 5.92 Å². The molecule has 3 heteroatoms. The Morgan fingerprint density at radius 3 is 2.46 bits per heavy atom. The second kappa shape index (κ2) is 6.35. The molecule has 0 aromatic heterocycles. The summed E-state index contributed by atoms with van der Waals surface area (Å²) in [6, 6.07) is 0. The van der Waals surface area contributed by atoms with E-state index >= 15 is 0 Å². The highest BCUT2D eigenvalue weighted by molar-refractivity contribution is 4.64. The summed E-state index contributed by atoms with van der Waals surface area (Å²) < 4.78 is 0. The molecule has 1 unspecified atom stereocenters. The first-order valence-corrected chi connectivity index (χ1v) is 4.93. The topological polar surface area (TPSA) is 38.7 Å². The van der Waals surface area contributed by atoms with Gasteiger partial charge in [-0.1, -0.05) is 20.3 Å². The minimum atomic E-state index is -0.218. The van der Waals surface area contributed by atoms with E-state index in [1.165, 1.54) is 0 Å². The van der Waals surface area contributed by atoms with Gasteiger partial charge in [0.25, 0.3) is 0 Å². The Hall–Kier alpha value is -0.120. The van der Waals surface area contributed by atoms with Gasteiger partial charge in [0, 0.05) is 12.5 Å². The van der Waals surface area contributed by atoms with Crippen LogP contribution < -0.4 is 0 Å². The summed E-state index contributed by atoms with van der Waals surface area (Å²) in [5.41, 5.74) is -0.218. The van der Waals surface area contributed by atoms with Crippen LogP contribution in [0.25, 0.3) is 0 Å². The number of aliphatic hydroxyl groups is 1. The van der Waals surface area contributed by atoms with Crippen LogP contribution in [0.2, 0.25) is 0 Å². The summed E-state index contributed by atoms with van der Waals surface area (Å²) in [6.07, 6.45) is 2.05. The molecular weight excluding hydrogens is 168 g/mol. The van der Waals surface area contributed by atoms with Crippen LogP contribution in [0.4, 0.5) is 0 Å². The predicted octanol–water partition coefficient (Wildman–Crippen LogP) is 2.14. The van der Waals surface area contributed by atoms with Crippen molar-refractivity contribution in [2.75, 3.05) is 13.2 Å². The highest BCUT2D eigenvalue weighted by Gasteiger charge is 2.18. The molecular formula is C10H22O3. The zero-order valence-corrected chi connectivity index (χ0v) is 9.17. The summed E-state index contributed by atoms with van der Waals surface area (Å²) in [6.45, 7) is 8.61. The summed E-state index contributed by atoms with van der Waals surface area (Å²) in [7, 11) is 0. The Morgan fingerprint density at radius 2 is 2.00 bits per heavy atom. The molecule has 0 aromatic rings. The maximum absolute atomic E-state index is 8.73. The fraction of sp³-hybridized carbons (Fsp3) is 1.00. The van der Waals surface area contributed by atoms with E-state index in [0.717, 1.165) is 12.8 Å². The lowest BCUT2D eigenvalue weighted by Crippen LogP contribution is -2.25. The molecule has 0 rings (SSSR count). The largest absolute Gasteiger partial charge is 0.396 e. The first kappa shape index (κ1) is 12.9. The van der Waals surface area contributed by atoms with Crippen molar-refractivity contribution in [1.29, 1.82) is 0 Å². The van der Waals surface area contributed by atoms with Gasteiger partial charge in [0.15, 0.2) is 0 Å². The Labute approximate surface area is 81.0 Å². The predicted molar refractivity (Wildman–Crippen MR) is 52.3 cm³/mol. The first-order valence-electron chi connectivity index (χ1n) is 4.93. The van der Waals surface area contributed by atoms with Crippen molar-refractivity contribution < 1.29 is 14.9 Å². The van der Waals surface area contributed by atoms with E-state index in [9.17, 15) is 0 Å². The third-order valence-electron chi connectivity index (χ3n) is 1.80. The van der Waals surface area contributed by atoms with Gasteiger partial charge < -0.3 is 5.11 Å². The summed E-state index contributed by atoms with van der Waals surface area (Å²) in [4.78, 5) is 10.3. The zero-order chi connectivity index (χ0) is 10.3. The lowest BCUT2D eigenvalue weighted by molar-refractivity contribution is -0.359. The number of hydrogen-bond acceptors (Lipinski definition) is 3. The van der Waals surface area contributed by atoms with E-state index in [1.807, 2.05) is 20.8 Å². The lowest BCUT2D eigenvalue weighted by atomic mass is 10.0. The molecule has 0 aliphatic heterocycles. The van der Waals surface area contributed by atoms with Gasteiger partial charge in [-0.15, -0.1) is 0 Å². The SMILES string of the molecule is CCCC(C)(C)OOCC(C)CO. The van der Waals surface area contributed by atoms with Crippen molar-refractivity contribution in [1.82, 2.24) is 0 Å². The van der Waals surface area contributed by atoms with E-state index in [-0.39, 0.29) is 18.1 Å². The van der Waals surface area contributed by atoms with Gasteiger partial charge in [-0.2, -0.15) is 0 Å². The number of aliphatic hydroxyl groups excluding tert-OH is 1. The molecule has 3 nitrogen and oxygen atoms in total. The maximum Gasteiger partial charge on any atom is 0.0980 e. The fourth-order valence-electron chi connectivity index (χ4n) is 1.01.